The van der Waals surface area contributed by atoms with Gasteiger partial charge in [-0.15, -0.1) is 0 Å². The number of esters is 1. The van der Waals surface area contributed by atoms with Crippen molar-refractivity contribution in [3.05, 3.63) is 41.0 Å². The number of nitrogens with zero attached hydrogens (tertiary/aromatic N) is 3. The van der Waals surface area contributed by atoms with Crippen LogP contribution in [0.5, 0.6) is 0 Å². The van der Waals surface area contributed by atoms with Crippen LogP contribution >= 0.6 is 11.6 Å². The highest BCUT2D eigenvalue weighted by atomic mass is 35.5. The second-order valence-electron chi connectivity index (χ2n) is 8.05. The maximum absolute atomic E-state index is 12.8. The van der Waals surface area contributed by atoms with Gasteiger partial charge in [0.25, 0.3) is 0 Å². The lowest BCUT2D eigenvalue weighted by Gasteiger charge is -2.20. The van der Waals surface area contributed by atoms with Gasteiger partial charge in [-0.25, -0.2) is 9.48 Å². The number of amides is 3. The number of nitrogens with one attached hydrogen (secondary N) is 2. The molecule has 0 aliphatic carbocycles. The van der Waals surface area contributed by atoms with Crippen LogP contribution in [0.4, 0.5) is 10.6 Å². The number of rotatable bonds is 8. The molecule has 0 bridgehead atoms. The van der Waals surface area contributed by atoms with Gasteiger partial charge in [0.15, 0.2) is 0 Å². The fourth-order valence-electron chi connectivity index (χ4n) is 2.80. The van der Waals surface area contributed by atoms with Crippen LogP contribution in [-0.2, 0) is 19.7 Å². The average Bonchev–Trinajstić information content (AvgIpc) is 3.14. The van der Waals surface area contributed by atoms with E-state index in [1.54, 1.807) is 36.7 Å². The summed E-state index contributed by atoms with van der Waals surface area (Å²) < 4.78 is 6.37. The molecule has 10 heteroatoms. The Morgan fingerprint density at radius 3 is 2.47 bits per heavy atom. The topological polar surface area (TPSA) is 106 Å². The molecule has 3 amide bonds. The molecule has 2 aromatic rings. The summed E-state index contributed by atoms with van der Waals surface area (Å²) in [5.41, 5.74) is 1.14. The van der Waals surface area contributed by atoms with Crippen molar-refractivity contribution in [3.8, 4) is 5.69 Å². The van der Waals surface area contributed by atoms with Gasteiger partial charge >= 0.3 is 12.0 Å². The number of benzene rings is 1. The zero-order valence-corrected chi connectivity index (χ0v) is 19.8. The Labute approximate surface area is 193 Å². The average molecular weight is 464 g/mol. The second kappa shape index (κ2) is 11.0. The number of likely N-dealkylation sites (N-methyl/N-ethyl adjacent to an activating group) is 1. The van der Waals surface area contributed by atoms with Crippen LogP contribution in [0.1, 0.15) is 40.3 Å². The molecule has 2 rings (SSSR count). The third-order valence-electron chi connectivity index (χ3n) is 4.52. The lowest BCUT2D eigenvalue weighted by molar-refractivity contribution is -0.141. The molecule has 0 aliphatic rings. The monoisotopic (exact) mass is 463 g/mol. The number of halogens is 1. The van der Waals surface area contributed by atoms with Crippen LogP contribution in [0.25, 0.3) is 5.69 Å². The summed E-state index contributed by atoms with van der Waals surface area (Å²) in [5.74, 6) is -0.512. The molecule has 0 atom stereocenters. The van der Waals surface area contributed by atoms with Gasteiger partial charge in [-0.2, -0.15) is 5.10 Å². The normalized spacial score (nSPS) is 11.1. The molecule has 0 unspecified atom stereocenters. The Kier molecular flexibility index (Phi) is 8.65. The van der Waals surface area contributed by atoms with Gasteiger partial charge in [-0.05, 0) is 26.0 Å². The van der Waals surface area contributed by atoms with E-state index < -0.39 is 17.9 Å². The van der Waals surface area contributed by atoms with Gasteiger partial charge in [0.1, 0.15) is 18.9 Å². The van der Waals surface area contributed by atoms with Gasteiger partial charge in [0, 0.05) is 18.0 Å². The van der Waals surface area contributed by atoms with Crippen molar-refractivity contribution in [3.63, 3.8) is 0 Å². The standard InChI is InChI=1S/C22H30ClN5O4/c1-6-27(21(31)24-13-20(30)32-7-2)14-19(29)25-18-12-17(22(3,4)5)26-28(18)16-11-9-8-10-15(16)23/h8-12H,6-7,13-14H2,1-5H3,(H,24,31)(H,25,29). The fourth-order valence-corrected chi connectivity index (χ4v) is 3.01. The lowest BCUT2D eigenvalue weighted by Crippen LogP contribution is -2.45. The third kappa shape index (κ3) is 6.71. The van der Waals surface area contributed by atoms with Crippen molar-refractivity contribution in [2.75, 3.05) is 31.6 Å². The molecular formula is C22H30ClN5O4. The highest BCUT2D eigenvalue weighted by Crippen LogP contribution is 2.29. The quantitative estimate of drug-likeness (QED) is 0.584. The molecule has 1 aromatic carbocycles. The number of aromatic nitrogens is 2. The van der Waals surface area contributed by atoms with Crippen molar-refractivity contribution in [1.29, 1.82) is 0 Å². The molecule has 174 valence electrons. The van der Waals surface area contributed by atoms with E-state index in [2.05, 4.69) is 15.7 Å². The number of carbonyl (C=O) groups is 3. The predicted octanol–water partition coefficient (Wildman–Crippen LogP) is 3.36. The number of para-hydroxylation sites is 1. The first-order chi connectivity index (χ1) is 15.1. The summed E-state index contributed by atoms with van der Waals surface area (Å²) in [7, 11) is 0. The summed E-state index contributed by atoms with van der Waals surface area (Å²) >= 11 is 6.35. The number of hydrogen-bond acceptors (Lipinski definition) is 5. The molecule has 0 spiro atoms. The molecule has 0 aliphatic heterocycles. The van der Waals surface area contributed by atoms with E-state index in [4.69, 9.17) is 16.3 Å². The first-order valence-corrected chi connectivity index (χ1v) is 10.8. The van der Waals surface area contributed by atoms with Crippen LogP contribution in [0.3, 0.4) is 0 Å². The lowest BCUT2D eigenvalue weighted by atomic mass is 9.92. The first-order valence-electron chi connectivity index (χ1n) is 10.4. The summed E-state index contributed by atoms with van der Waals surface area (Å²) in [4.78, 5) is 37.8. The number of ether oxygens (including phenoxy) is 1. The largest absolute Gasteiger partial charge is 0.465 e. The van der Waals surface area contributed by atoms with Crippen LogP contribution in [0.15, 0.2) is 30.3 Å². The summed E-state index contributed by atoms with van der Waals surface area (Å²) in [6.45, 7) is 9.51. The number of urea groups is 1. The van der Waals surface area contributed by atoms with Gasteiger partial charge in [-0.3, -0.25) is 9.59 Å². The Morgan fingerprint density at radius 1 is 1.19 bits per heavy atom. The molecule has 2 N–H and O–H groups in total. The number of anilines is 1. The van der Waals surface area contributed by atoms with Crippen LogP contribution < -0.4 is 10.6 Å². The molecule has 0 saturated carbocycles. The van der Waals surface area contributed by atoms with Gasteiger partial charge in [-0.1, -0.05) is 44.5 Å². The van der Waals surface area contributed by atoms with Gasteiger partial charge < -0.3 is 20.3 Å². The maximum atomic E-state index is 12.8. The highest BCUT2D eigenvalue weighted by molar-refractivity contribution is 6.32. The molecule has 0 radical (unpaired) electrons. The second-order valence-corrected chi connectivity index (χ2v) is 8.46. The van der Waals surface area contributed by atoms with Crippen LogP contribution in [0.2, 0.25) is 5.02 Å². The Balaban J connectivity index is 2.17. The Hall–Kier alpha value is -3.07. The SMILES string of the molecule is CCOC(=O)CNC(=O)N(CC)CC(=O)Nc1cc(C(C)(C)C)nn1-c1ccccc1Cl. The summed E-state index contributed by atoms with van der Waals surface area (Å²) in [5, 5.41) is 10.4. The third-order valence-corrected chi connectivity index (χ3v) is 4.84. The van der Waals surface area contributed by atoms with E-state index >= 15 is 0 Å². The molecule has 32 heavy (non-hydrogen) atoms. The van der Waals surface area contributed by atoms with Crippen molar-refractivity contribution >= 4 is 35.3 Å². The highest BCUT2D eigenvalue weighted by Gasteiger charge is 2.23. The van der Waals surface area contributed by atoms with Gasteiger partial charge in [0.2, 0.25) is 5.91 Å². The predicted molar refractivity (Wildman–Crippen MR) is 123 cm³/mol. The minimum Gasteiger partial charge on any atom is -0.465 e. The molecule has 0 saturated heterocycles. The Bertz CT molecular complexity index is 967. The minimum absolute atomic E-state index is 0.205. The van der Waals surface area contributed by atoms with Gasteiger partial charge in [0.05, 0.1) is 23.0 Å². The fraction of sp³-hybridized carbons (Fsp3) is 0.455. The maximum Gasteiger partial charge on any atom is 0.325 e. The minimum atomic E-state index is -0.542. The zero-order valence-electron chi connectivity index (χ0n) is 19.1. The van der Waals surface area contributed by atoms with E-state index in [0.717, 1.165) is 5.69 Å². The van der Waals surface area contributed by atoms with Crippen molar-refractivity contribution in [1.82, 2.24) is 20.0 Å². The first kappa shape index (κ1) is 25.2. The van der Waals surface area contributed by atoms with E-state index in [1.807, 2.05) is 32.9 Å². The summed E-state index contributed by atoms with van der Waals surface area (Å²) in [6.07, 6.45) is 0. The Morgan fingerprint density at radius 2 is 1.88 bits per heavy atom. The molecule has 0 fully saturated rings. The number of hydrogen-bond donors (Lipinski definition) is 2. The molecular weight excluding hydrogens is 434 g/mol. The van der Waals surface area contributed by atoms with Crippen molar-refractivity contribution < 1.29 is 19.1 Å². The smallest absolute Gasteiger partial charge is 0.325 e. The van der Waals surface area contributed by atoms with E-state index in [0.29, 0.717) is 16.5 Å². The van der Waals surface area contributed by atoms with Crippen molar-refractivity contribution in [2.24, 2.45) is 0 Å². The van der Waals surface area contributed by atoms with Crippen LogP contribution in [0, 0.1) is 0 Å². The van der Waals surface area contributed by atoms with Crippen molar-refractivity contribution in [2.45, 2.75) is 40.0 Å². The number of carbonyl (C=O) groups excluding carboxylic acids is 3. The molecule has 1 aromatic heterocycles. The van der Waals surface area contributed by atoms with E-state index in [9.17, 15) is 14.4 Å². The molecule has 9 nitrogen and oxygen atoms in total. The van der Waals surface area contributed by atoms with Crippen LogP contribution in [-0.4, -0.2) is 58.8 Å². The van der Waals surface area contributed by atoms with E-state index in [1.165, 1.54) is 4.90 Å². The summed E-state index contributed by atoms with van der Waals surface area (Å²) in [6, 6.07) is 8.44. The van der Waals surface area contributed by atoms with E-state index in [-0.39, 0.29) is 31.7 Å². The zero-order chi connectivity index (χ0) is 23.9. The molecule has 1 heterocycles.